The molecule has 1 N–H and O–H groups in total. The van der Waals surface area contributed by atoms with E-state index in [0.717, 1.165) is 12.8 Å². The monoisotopic (exact) mass is 295 g/mol. The topological polar surface area (TPSA) is 12.0 Å². The Balaban J connectivity index is 1.72. The van der Waals surface area contributed by atoms with Gasteiger partial charge in [0, 0.05) is 11.6 Å². The maximum Gasteiger partial charge on any atom is 0.0508 e. The fraction of sp³-hybridized carbons (Fsp3) is 0.524. The van der Waals surface area contributed by atoms with E-state index in [1.807, 2.05) is 6.08 Å². The normalized spacial score (nSPS) is 33.6. The van der Waals surface area contributed by atoms with E-state index in [4.69, 9.17) is 0 Å². The van der Waals surface area contributed by atoms with Crippen molar-refractivity contribution < 1.29 is 0 Å². The molecule has 3 rings (SSSR count). The number of rotatable bonds is 5. The van der Waals surface area contributed by atoms with Gasteiger partial charge in [-0.25, -0.2) is 0 Å². The summed E-state index contributed by atoms with van der Waals surface area (Å²) < 4.78 is 0. The van der Waals surface area contributed by atoms with Crippen LogP contribution < -0.4 is 5.32 Å². The van der Waals surface area contributed by atoms with Crippen LogP contribution in [-0.4, -0.2) is 6.04 Å². The highest BCUT2D eigenvalue weighted by atomic mass is 14.9. The minimum atomic E-state index is 0.492. The van der Waals surface area contributed by atoms with Crippen LogP contribution in [0.1, 0.15) is 46.5 Å². The molecule has 2 bridgehead atoms. The van der Waals surface area contributed by atoms with Crippen LogP contribution in [-0.2, 0) is 0 Å². The van der Waals surface area contributed by atoms with Gasteiger partial charge in [0.2, 0.25) is 0 Å². The number of allylic oxidation sites excluding steroid dienone is 5. The van der Waals surface area contributed by atoms with E-state index in [1.165, 1.54) is 29.7 Å². The maximum atomic E-state index is 4.42. The molecule has 0 aromatic carbocycles. The third kappa shape index (κ3) is 2.62. The predicted octanol–water partition coefficient (Wildman–Crippen LogP) is 5.30. The molecule has 0 saturated heterocycles. The van der Waals surface area contributed by atoms with Crippen molar-refractivity contribution in [3.05, 3.63) is 59.4 Å². The van der Waals surface area contributed by atoms with Crippen molar-refractivity contribution in [1.29, 1.82) is 0 Å². The van der Waals surface area contributed by atoms with Gasteiger partial charge < -0.3 is 5.32 Å². The van der Waals surface area contributed by atoms with Crippen LogP contribution in [0, 0.1) is 17.8 Å². The van der Waals surface area contributed by atoms with Crippen LogP contribution in [0.4, 0.5) is 0 Å². The van der Waals surface area contributed by atoms with Gasteiger partial charge >= 0.3 is 0 Å². The van der Waals surface area contributed by atoms with Gasteiger partial charge in [0.05, 0.1) is 6.04 Å². The predicted molar refractivity (Wildman–Crippen MR) is 95.4 cm³/mol. The minimum Gasteiger partial charge on any atom is -0.382 e. The molecule has 1 saturated carbocycles. The van der Waals surface area contributed by atoms with Gasteiger partial charge in [0.1, 0.15) is 0 Å². The summed E-state index contributed by atoms with van der Waals surface area (Å²) in [5.74, 6) is 1.84. The first-order chi connectivity index (χ1) is 10.5. The SMILES string of the molecule is C=CCC1=C(C)C(NC(=C)C2C3=CC(C)=CC2CCC3C)C1. The summed E-state index contributed by atoms with van der Waals surface area (Å²) in [6, 6.07) is 0.492. The number of hydrogen-bond acceptors (Lipinski definition) is 1. The molecule has 1 fully saturated rings. The summed E-state index contributed by atoms with van der Waals surface area (Å²) >= 11 is 0. The molecule has 4 atom stereocenters. The molecule has 22 heavy (non-hydrogen) atoms. The largest absolute Gasteiger partial charge is 0.382 e. The molecule has 3 aliphatic rings. The highest BCUT2D eigenvalue weighted by Crippen LogP contribution is 2.46. The fourth-order valence-electron chi connectivity index (χ4n) is 4.42. The van der Waals surface area contributed by atoms with Crippen molar-refractivity contribution in [3.8, 4) is 0 Å². The average Bonchev–Trinajstić information content (AvgIpc) is 2.49. The minimum absolute atomic E-state index is 0.492. The van der Waals surface area contributed by atoms with Gasteiger partial charge in [-0.05, 0) is 51.4 Å². The molecule has 0 aliphatic heterocycles. The zero-order valence-electron chi connectivity index (χ0n) is 14.3. The number of hydrogen-bond donors (Lipinski definition) is 1. The van der Waals surface area contributed by atoms with E-state index in [9.17, 15) is 0 Å². The fourth-order valence-corrected chi connectivity index (χ4v) is 4.42. The Morgan fingerprint density at radius 1 is 1.36 bits per heavy atom. The van der Waals surface area contributed by atoms with Crippen molar-refractivity contribution >= 4 is 0 Å². The van der Waals surface area contributed by atoms with Gasteiger partial charge in [0.25, 0.3) is 0 Å². The first kappa shape index (κ1) is 15.4. The Morgan fingerprint density at radius 2 is 2.14 bits per heavy atom. The highest BCUT2D eigenvalue weighted by Gasteiger charge is 2.37. The Bertz CT molecular complexity index is 587. The number of nitrogens with one attached hydrogen (secondary N) is 1. The van der Waals surface area contributed by atoms with Crippen molar-refractivity contribution in [3.63, 3.8) is 0 Å². The lowest BCUT2D eigenvalue weighted by atomic mass is 9.66. The lowest BCUT2D eigenvalue weighted by molar-refractivity contribution is 0.322. The smallest absolute Gasteiger partial charge is 0.0508 e. The number of fused-ring (bicyclic) bond motifs is 2. The van der Waals surface area contributed by atoms with Gasteiger partial charge in [-0.3, -0.25) is 0 Å². The third-order valence-electron chi connectivity index (χ3n) is 5.82. The summed E-state index contributed by atoms with van der Waals surface area (Å²) in [4.78, 5) is 0. The molecule has 0 amide bonds. The Labute approximate surface area is 135 Å². The van der Waals surface area contributed by atoms with Gasteiger partial charge in [-0.15, -0.1) is 6.58 Å². The van der Waals surface area contributed by atoms with Gasteiger partial charge in [-0.2, -0.15) is 0 Å². The Hall–Kier alpha value is -1.50. The zero-order chi connectivity index (χ0) is 15.9. The summed E-state index contributed by atoms with van der Waals surface area (Å²) in [5, 5.41) is 3.73. The van der Waals surface area contributed by atoms with E-state index in [2.05, 4.69) is 51.4 Å². The van der Waals surface area contributed by atoms with Crippen molar-refractivity contribution in [2.24, 2.45) is 17.8 Å². The molecular weight excluding hydrogens is 266 g/mol. The molecule has 118 valence electrons. The van der Waals surface area contributed by atoms with Crippen LogP contribution in [0.5, 0.6) is 0 Å². The highest BCUT2D eigenvalue weighted by molar-refractivity contribution is 5.39. The van der Waals surface area contributed by atoms with Crippen LogP contribution in [0.2, 0.25) is 0 Å². The molecule has 0 heterocycles. The summed E-state index contributed by atoms with van der Waals surface area (Å²) in [6.45, 7) is 15.1. The molecule has 0 spiro atoms. The molecule has 3 aliphatic carbocycles. The average molecular weight is 295 g/mol. The van der Waals surface area contributed by atoms with Gasteiger partial charge in [-0.1, -0.05) is 54.0 Å². The second-order valence-corrected chi connectivity index (χ2v) is 7.38. The quantitative estimate of drug-likeness (QED) is 0.678. The van der Waals surface area contributed by atoms with Crippen LogP contribution >= 0.6 is 0 Å². The first-order valence-electron chi connectivity index (χ1n) is 8.66. The standard InChI is InChI=1S/C21H29N/c1-6-7-17-12-20(15(17)4)22-16(5)21-18-9-8-14(3)19(21)11-13(2)10-18/h6,10-11,14,18,20-22H,1,5,7-9,12H2,2-4H3. The van der Waals surface area contributed by atoms with E-state index in [0.29, 0.717) is 23.8 Å². The zero-order valence-corrected chi connectivity index (χ0v) is 14.3. The molecule has 0 aromatic heterocycles. The lowest BCUT2D eigenvalue weighted by Crippen LogP contribution is -2.41. The van der Waals surface area contributed by atoms with Crippen LogP contribution in [0.15, 0.2) is 59.4 Å². The second kappa shape index (κ2) is 5.95. The summed E-state index contributed by atoms with van der Waals surface area (Å²) in [5.41, 5.74) is 7.31. The van der Waals surface area contributed by atoms with Crippen molar-refractivity contribution in [2.45, 2.75) is 52.5 Å². The summed E-state index contributed by atoms with van der Waals surface area (Å²) in [6.07, 6.45) is 11.7. The lowest BCUT2D eigenvalue weighted by Gasteiger charge is -2.43. The van der Waals surface area contributed by atoms with Crippen molar-refractivity contribution in [1.82, 2.24) is 5.32 Å². The molecule has 1 nitrogen and oxygen atoms in total. The molecule has 0 aromatic rings. The molecule has 0 radical (unpaired) electrons. The molecular formula is C21H29N. The van der Waals surface area contributed by atoms with Gasteiger partial charge in [0.15, 0.2) is 0 Å². The maximum absolute atomic E-state index is 4.42. The molecule has 1 heteroatoms. The molecule has 4 unspecified atom stereocenters. The van der Waals surface area contributed by atoms with Crippen molar-refractivity contribution in [2.75, 3.05) is 0 Å². The Kier molecular flexibility index (Phi) is 4.16. The summed E-state index contributed by atoms with van der Waals surface area (Å²) in [7, 11) is 0. The van der Waals surface area contributed by atoms with Crippen LogP contribution in [0.25, 0.3) is 0 Å². The second-order valence-electron chi connectivity index (χ2n) is 7.38. The van der Waals surface area contributed by atoms with Crippen LogP contribution in [0.3, 0.4) is 0 Å². The first-order valence-corrected chi connectivity index (χ1v) is 8.66. The van der Waals surface area contributed by atoms with E-state index in [-0.39, 0.29) is 0 Å². The van der Waals surface area contributed by atoms with E-state index < -0.39 is 0 Å². The van der Waals surface area contributed by atoms with E-state index >= 15 is 0 Å². The Morgan fingerprint density at radius 3 is 2.82 bits per heavy atom. The third-order valence-corrected chi connectivity index (χ3v) is 5.82. The van der Waals surface area contributed by atoms with E-state index in [1.54, 1.807) is 11.1 Å².